The maximum atomic E-state index is 12.6. The molecular weight excluding hydrogens is 344 g/mol. The fraction of sp³-hybridized carbons (Fsp3) is 0.353. The molecule has 3 rings (SSSR count). The zero-order chi connectivity index (χ0) is 17.3. The molecule has 7 heteroatoms. The van der Waals surface area contributed by atoms with Gasteiger partial charge >= 0.3 is 5.97 Å². The molecule has 2 aliphatic heterocycles. The normalized spacial score (nSPS) is 20.6. The van der Waals surface area contributed by atoms with Crippen molar-refractivity contribution in [2.45, 2.75) is 24.3 Å². The number of carbonyl (C=O) groups is 2. The molecule has 1 fully saturated rings. The van der Waals surface area contributed by atoms with Gasteiger partial charge in [-0.3, -0.25) is 9.69 Å². The number of benzene rings is 1. The number of hydrogen-bond acceptors (Lipinski definition) is 6. The number of rotatable bonds is 3. The topological polar surface area (TPSA) is 59.0 Å². The van der Waals surface area contributed by atoms with E-state index in [9.17, 15) is 9.59 Å². The third kappa shape index (κ3) is 2.98. The Morgan fingerprint density at radius 1 is 1.38 bits per heavy atom. The summed E-state index contributed by atoms with van der Waals surface area (Å²) in [6.07, 6.45) is 2.45. The molecule has 24 heavy (non-hydrogen) atoms. The standard InChI is InChI=1S/C17H18N2O3S2/c1-10-14(16(21)22-2)15(11-4-6-12(23-3)7-5-11)19-13(20)8-9-24-17(19)18-10/h4-7,15H,8-9H2,1-3H3/t15-/m1/s1. The number of carbonyl (C=O) groups excluding carboxylic acids is 2. The Kier molecular flexibility index (Phi) is 5.01. The molecular formula is C17H18N2O3S2. The van der Waals surface area contributed by atoms with Crippen LogP contribution in [0.3, 0.4) is 0 Å². The summed E-state index contributed by atoms with van der Waals surface area (Å²) in [6.45, 7) is 1.79. The molecule has 0 saturated carbocycles. The van der Waals surface area contributed by atoms with Gasteiger partial charge in [0.2, 0.25) is 5.91 Å². The van der Waals surface area contributed by atoms with Gasteiger partial charge in [-0.05, 0) is 30.9 Å². The average Bonchev–Trinajstić information content (AvgIpc) is 2.60. The van der Waals surface area contributed by atoms with E-state index in [1.807, 2.05) is 30.5 Å². The van der Waals surface area contributed by atoms with Gasteiger partial charge in [-0.1, -0.05) is 23.9 Å². The number of methoxy groups -OCH3 is 1. The number of fused-ring (bicyclic) bond motifs is 1. The molecule has 0 aliphatic carbocycles. The van der Waals surface area contributed by atoms with Crippen LogP contribution >= 0.6 is 23.5 Å². The molecule has 2 heterocycles. The largest absolute Gasteiger partial charge is 0.466 e. The van der Waals surface area contributed by atoms with E-state index in [1.54, 1.807) is 35.3 Å². The van der Waals surface area contributed by atoms with Crippen molar-refractivity contribution in [1.82, 2.24) is 4.90 Å². The fourth-order valence-electron chi connectivity index (χ4n) is 2.87. The highest BCUT2D eigenvalue weighted by Crippen LogP contribution is 2.40. The fourth-order valence-corrected chi connectivity index (χ4v) is 4.28. The summed E-state index contributed by atoms with van der Waals surface area (Å²) in [5, 5.41) is 0.662. The third-order valence-corrected chi connectivity index (χ3v) is 5.74. The average molecular weight is 362 g/mol. The van der Waals surface area contributed by atoms with E-state index < -0.39 is 12.0 Å². The highest BCUT2D eigenvalue weighted by Gasteiger charge is 2.41. The Morgan fingerprint density at radius 2 is 2.08 bits per heavy atom. The summed E-state index contributed by atoms with van der Waals surface area (Å²) in [7, 11) is 1.35. The number of ether oxygens (including phenoxy) is 1. The van der Waals surface area contributed by atoms with Crippen LogP contribution in [-0.4, -0.2) is 41.1 Å². The number of nitrogens with zero attached hydrogens (tertiary/aromatic N) is 2. The molecule has 1 atom stereocenters. The van der Waals surface area contributed by atoms with Crippen LogP contribution in [0.25, 0.3) is 0 Å². The molecule has 1 aromatic carbocycles. The first-order valence-electron chi connectivity index (χ1n) is 7.53. The van der Waals surface area contributed by atoms with Crippen LogP contribution in [0.15, 0.2) is 45.4 Å². The second-order valence-electron chi connectivity index (χ2n) is 5.42. The van der Waals surface area contributed by atoms with Crippen molar-refractivity contribution >= 4 is 40.6 Å². The molecule has 1 saturated heterocycles. The zero-order valence-electron chi connectivity index (χ0n) is 13.7. The van der Waals surface area contributed by atoms with Crippen LogP contribution in [0, 0.1) is 0 Å². The quantitative estimate of drug-likeness (QED) is 0.610. The van der Waals surface area contributed by atoms with Gasteiger partial charge in [-0.15, -0.1) is 11.8 Å². The van der Waals surface area contributed by atoms with Gasteiger partial charge in [-0.25, -0.2) is 9.79 Å². The van der Waals surface area contributed by atoms with Crippen LogP contribution in [-0.2, 0) is 14.3 Å². The number of esters is 1. The van der Waals surface area contributed by atoms with Crippen LogP contribution < -0.4 is 0 Å². The molecule has 1 aromatic rings. The number of aliphatic imine (C=N–C) groups is 1. The van der Waals surface area contributed by atoms with Crippen LogP contribution in [0.4, 0.5) is 0 Å². The summed E-state index contributed by atoms with van der Waals surface area (Å²) in [5.74, 6) is 0.255. The van der Waals surface area contributed by atoms with Crippen molar-refractivity contribution in [1.29, 1.82) is 0 Å². The maximum absolute atomic E-state index is 12.6. The molecule has 0 aromatic heterocycles. The summed E-state index contributed by atoms with van der Waals surface area (Å²) in [6, 6.07) is 7.43. The highest BCUT2D eigenvalue weighted by atomic mass is 32.2. The van der Waals surface area contributed by atoms with Gasteiger partial charge in [0, 0.05) is 17.1 Å². The van der Waals surface area contributed by atoms with E-state index in [4.69, 9.17) is 4.74 Å². The Labute approximate surface area is 149 Å². The van der Waals surface area contributed by atoms with Crippen molar-refractivity contribution in [2.75, 3.05) is 19.1 Å². The molecule has 0 spiro atoms. The molecule has 0 unspecified atom stereocenters. The first kappa shape index (κ1) is 17.1. The van der Waals surface area contributed by atoms with Crippen LogP contribution in [0.5, 0.6) is 0 Å². The molecule has 1 amide bonds. The van der Waals surface area contributed by atoms with Crippen molar-refractivity contribution in [2.24, 2.45) is 4.99 Å². The van der Waals surface area contributed by atoms with E-state index in [2.05, 4.69) is 4.99 Å². The highest BCUT2D eigenvalue weighted by molar-refractivity contribution is 8.14. The number of allylic oxidation sites excluding steroid dienone is 1. The monoisotopic (exact) mass is 362 g/mol. The predicted octanol–water partition coefficient (Wildman–Crippen LogP) is 3.23. The minimum Gasteiger partial charge on any atom is -0.466 e. The second kappa shape index (κ2) is 7.03. The van der Waals surface area contributed by atoms with Gasteiger partial charge in [0.25, 0.3) is 0 Å². The van der Waals surface area contributed by atoms with E-state index in [0.29, 0.717) is 28.6 Å². The molecule has 126 valence electrons. The minimum atomic E-state index is -0.485. The van der Waals surface area contributed by atoms with Crippen molar-refractivity contribution in [3.05, 3.63) is 41.1 Å². The molecule has 2 aliphatic rings. The lowest BCUT2D eigenvalue weighted by atomic mass is 9.94. The number of thioether (sulfide) groups is 2. The summed E-state index contributed by atoms with van der Waals surface area (Å²) in [5.41, 5.74) is 1.92. The van der Waals surface area contributed by atoms with Crippen molar-refractivity contribution in [3.63, 3.8) is 0 Å². The first-order chi connectivity index (χ1) is 11.6. The maximum Gasteiger partial charge on any atom is 0.338 e. The van der Waals surface area contributed by atoms with Gasteiger partial charge in [0.05, 0.1) is 24.4 Å². The summed E-state index contributed by atoms with van der Waals surface area (Å²) >= 11 is 3.19. The Balaban J connectivity index is 2.13. The van der Waals surface area contributed by atoms with Crippen molar-refractivity contribution in [3.8, 4) is 0 Å². The van der Waals surface area contributed by atoms with Crippen molar-refractivity contribution < 1.29 is 14.3 Å². The Bertz CT molecular complexity index is 741. The Hall–Kier alpha value is -1.73. The van der Waals surface area contributed by atoms with Gasteiger partial charge < -0.3 is 4.74 Å². The van der Waals surface area contributed by atoms with E-state index in [-0.39, 0.29) is 5.91 Å². The van der Waals surface area contributed by atoms with Crippen LogP contribution in [0.1, 0.15) is 24.9 Å². The SMILES string of the molecule is COC(=O)C1=C(C)N=C2SCCC(=O)N2[C@@H]1c1ccc(SC)cc1. The number of hydrogen-bond donors (Lipinski definition) is 0. The van der Waals surface area contributed by atoms with Gasteiger partial charge in [0.1, 0.15) is 0 Å². The van der Waals surface area contributed by atoms with E-state index in [0.717, 1.165) is 10.5 Å². The lowest BCUT2D eigenvalue weighted by molar-refractivity contribution is -0.137. The first-order valence-corrected chi connectivity index (χ1v) is 9.74. The Morgan fingerprint density at radius 3 is 2.71 bits per heavy atom. The minimum absolute atomic E-state index is 0.0136. The van der Waals surface area contributed by atoms with Gasteiger partial charge in [0.15, 0.2) is 5.17 Å². The zero-order valence-corrected chi connectivity index (χ0v) is 15.4. The van der Waals surface area contributed by atoms with E-state index in [1.165, 1.54) is 7.11 Å². The predicted molar refractivity (Wildman–Crippen MR) is 97.0 cm³/mol. The smallest absolute Gasteiger partial charge is 0.338 e. The summed E-state index contributed by atoms with van der Waals surface area (Å²) < 4.78 is 4.96. The lowest BCUT2D eigenvalue weighted by Crippen LogP contribution is -2.45. The van der Waals surface area contributed by atoms with Crippen LogP contribution in [0.2, 0.25) is 0 Å². The second-order valence-corrected chi connectivity index (χ2v) is 7.36. The van der Waals surface area contributed by atoms with Gasteiger partial charge in [-0.2, -0.15) is 0 Å². The molecule has 0 radical (unpaired) electrons. The molecule has 5 nitrogen and oxygen atoms in total. The molecule has 0 N–H and O–H groups in total. The van der Waals surface area contributed by atoms with E-state index >= 15 is 0 Å². The number of amides is 1. The third-order valence-electron chi connectivity index (χ3n) is 4.04. The summed E-state index contributed by atoms with van der Waals surface area (Å²) in [4.78, 5) is 32.2. The molecule has 0 bridgehead atoms. The lowest BCUT2D eigenvalue weighted by Gasteiger charge is -2.38. The number of amidine groups is 1.